The Labute approximate surface area is 132 Å². The summed E-state index contributed by atoms with van der Waals surface area (Å²) < 4.78 is 0.957. The van der Waals surface area contributed by atoms with Gasteiger partial charge in [0.1, 0.15) is 0 Å². The molecule has 1 aromatic carbocycles. The number of benzene rings is 1. The van der Waals surface area contributed by atoms with Crippen LogP contribution in [0.4, 0.5) is 5.69 Å². The molecule has 1 fully saturated rings. The summed E-state index contributed by atoms with van der Waals surface area (Å²) in [6.07, 6.45) is 2.86. The quantitative estimate of drug-likeness (QED) is 0.835. The fourth-order valence-electron chi connectivity index (χ4n) is 2.48. The van der Waals surface area contributed by atoms with E-state index in [2.05, 4.69) is 40.7 Å². The van der Waals surface area contributed by atoms with Crippen LogP contribution in [0.3, 0.4) is 0 Å². The Hall–Kier alpha value is -0.940. The number of nitrogens with zero attached hydrogens (tertiary/aromatic N) is 1. The molecule has 3 nitrogen and oxygen atoms in total. The minimum Gasteiger partial charge on any atom is -0.478 e. The SMILES string of the molecule is CC1CN(c2ccc(Br)cc2/C=C/C(=O)O)CC(C)S1. The summed E-state index contributed by atoms with van der Waals surface area (Å²) in [5.74, 6) is -0.924. The Morgan fingerprint density at radius 2 is 2.05 bits per heavy atom. The average molecular weight is 356 g/mol. The van der Waals surface area contributed by atoms with Crippen molar-refractivity contribution < 1.29 is 9.90 Å². The molecule has 0 aromatic heterocycles. The molecule has 0 radical (unpaired) electrons. The van der Waals surface area contributed by atoms with Gasteiger partial charge in [0.2, 0.25) is 0 Å². The van der Waals surface area contributed by atoms with Crippen LogP contribution in [-0.4, -0.2) is 34.7 Å². The monoisotopic (exact) mass is 355 g/mol. The van der Waals surface area contributed by atoms with Gasteiger partial charge in [-0.3, -0.25) is 0 Å². The molecular weight excluding hydrogens is 338 g/mol. The third kappa shape index (κ3) is 4.03. The molecule has 1 heterocycles. The number of carbonyl (C=O) groups is 1. The van der Waals surface area contributed by atoms with Crippen LogP contribution >= 0.6 is 27.7 Å². The highest BCUT2D eigenvalue weighted by Crippen LogP contribution is 2.32. The van der Waals surface area contributed by atoms with Crippen LogP contribution in [-0.2, 0) is 4.79 Å². The van der Waals surface area contributed by atoms with E-state index in [4.69, 9.17) is 5.11 Å². The van der Waals surface area contributed by atoms with Crippen molar-refractivity contribution in [1.29, 1.82) is 0 Å². The average Bonchev–Trinajstić information content (AvgIpc) is 2.35. The zero-order chi connectivity index (χ0) is 14.7. The highest BCUT2D eigenvalue weighted by Gasteiger charge is 2.23. The second kappa shape index (κ2) is 6.68. The third-order valence-corrected chi connectivity index (χ3v) is 4.88. The van der Waals surface area contributed by atoms with Crippen LogP contribution in [0.5, 0.6) is 0 Å². The van der Waals surface area contributed by atoms with Gasteiger partial charge in [-0.15, -0.1) is 0 Å². The van der Waals surface area contributed by atoms with Crippen LogP contribution in [0, 0.1) is 0 Å². The molecule has 0 amide bonds. The van der Waals surface area contributed by atoms with Gasteiger partial charge >= 0.3 is 5.97 Å². The molecule has 0 aliphatic carbocycles. The first-order valence-electron chi connectivity index (χ1n) is 6.56. The van der Waals surface area contributed by atoms with Gasteiger partial charge in [0.15, 0.2) is 0 Å². The van der Waals surface area contributed by atoms with E-state index in [-0.39, 0.29) is 0 Å². The Morgan fingerprint density at radius 3 is 2.65 bits per heavy atom. The minimum absolute atomic E-state index is 0.582. The molecule has 1 aromatic rings. The first-order valence-corrected chi connectivity index (χ1v) is 8.30. The molecule has 0 spiro atoms. The van der Waals surface area contributed by atoms with Crippen LogP contribution in [0.1, 0.15) is 19.4 Å². The highest BCUT2D eigenvalue weighted by molar-refractivity contribution is 9.10. The van der Waals surface area contributed by atoms with Gasteiger partial charge in [-0.1, -0.05) is 29.8 Å². The molecule has 2 atom stereocenters. The second-order valence-electron chi connectivity index (χ2n) is 5.04. The molecule has 0 bridgehead atoms. The summed E-state index contributed by atoms with van der Waals surface area (Å²) in [7, 11) is 0. The van der Waals surface area contributed by atoms with Gasteiger partial charge in [0.05, 0.1) is 0 Å². The summed E-state index contributed by atoms with van der Waals surface area (Å²) in [6, 6.07) is 6.03. The van der Waals surface area contributed by atoms with Crippen LogP contribution in [0.25, 0.3) is 6.08 Å². The number of rotatable bonds is 3. The maximum Gasteiger partial charge on any atom is 0.328 e. The molecule has 1 aliphatic rings. The van der Waals surface area contributed by atoms with Crippen molar-refractivity contribution in [3.63, 3.8) is 0 Å². The predicted molar refractivity (Wildman–Crippen MR) is 89.5 cm³/mol. The maximum atomic E-state index is 10.7. The molecule has 1 saturated heterocycles. The molecule has 20 heavy (non-hydrogen) atoms. The van der Waals surface area contributed by atoms with E-state index in [9.17, 15) is 4.79 Å². The summed E-state index contributed by atoms with van der Waals surface area (Å²) >= 11 is 5.45. The number of halogens is 1. The largest absolute Gasteiger partial charge is 0.478 e. The first-order chi connectivity index (χ1) is 9.45. The molecule has 5 heteroatoms. The van der Waals surface area contributed by atoms with Gasteiger partial charge in [-0.05, 0) is 29.8 Å². The van der Waals surface area contributed by atoms with Gasteiger partial charge in [-0.25, -0.2) is 4.79 Å². The normalized spacial score (nSPS) is 23.2. The fraction of sp³-hybridized carbons (Fsp3) is 0.400. The lowest BCUT2D eigenvalue weighted by molar-refractivity contribution is -0.131. The lowest BCUT2D eigenvalue weighted by Crippen LogP contribution is -2.40. The van der Waals surface area contributed by atoms with Gasteiger partial charge in [0.25, 0.3) is 0 Å². The summed E-state index contributed by atoms with van der Waals surface area (Å²) in [5, 5.41) is 9.98. The Bertz CT molecular complexity index is 523. The summed E-state index contributed by atoms with van der Waals surface area (Å²) in [4.78, 5) is 13.1. The molecule has 1 N–H and O–H groups in total. The standard InChI is InChI=1S/C15H18BrNO2S/c1-10-8-17(9-11(2)20-10)14-5-4-13(16)7-12(14)3-6-15(18)19/h3-7,10-11H,8-9H2,1-2H3,(H,18,19)/b6-3+. The van der Waals surface area contributed by atoms with Gasteiger partial charge in [-0.2, -0.15) is 11.8 Å². The zero-order valence-electron chi connectivity index (χ0n) is 11.5. The van der Waals surface area contributed by atoms with E-state index < -0.39 is 5.97 Å². The van der Waals surface area contributed by atoms with Crippen molar-refractivity contribution in [2.75, 3.05) is 18.0 Å². The van der Waals surface area contributed by atoms with E-state index in [1.807, 2.05) is 23.9 Å². The lowest BCUT2D eigenvalue weighted by Gasteiger charge is -2.37. The van der Waals surface area contributed by atoms with Gasteiger partial charge in [0, 0.05) is 39.8 Å². The molecule has 2 rings (SSSR count). The Kier molecular flexibility index (Phi) is 5.16. The molecule has 1 aliphatic heterocycles. The number of aliphatic carboxylic acids is 1. The minimum atomic E-state index is -0.924. The topological polar surface area (TPSA) is 40.5 Å². The van der Waals surface area contributed by atoms with Crippen molar-refractivity contribution in [1.82, 2.24) is 0 Å². The van der Waals surface area contributed by atoms with E-state index in [1.54, 1.807) is 6.08 Å². The predicted octanol–water partition coefficient (Wildman–Crippen LogP) is 3.88. The number of hydrogen-bond donors (Lipinski definition) is 1. The van der Waals surface area contributed by atoms with Crippen molar-refractivity contribution in [2.45, 2.75) is 24.3 Å². The summed E-state index contributed by atoms with van der Waals surface area (Å²) in [5.41, 5.74) is 2.04. The third-order valence-electron chi connectivity index (χ3n) is 3.16. The summed E-state index contributed by atoms with van der Waals surface area (Å²) in [6.45, 7) is 6.45. The van der Waals surface area contributed by atoms with Crippen LogP contribution in [0.15, 0.2) is 28.7 Å². The maximum absolute atomic E-state index is 10.7. The van der Waals surface area contributed by atoms with Crippen LogP contribution < -0.4 is 4.90 Å². The Balaban J connectivity index is 2.32. The lowest BCUT2D eigenvalue weighted by atomic mass is 10.1. The van der Waals surface area contributed by atoms with Crippen molar-refractivity contribution in [3.05, 3.63) is 34.3 Å². The number of carboxylic acid groups (broad SMARTS) is 1. The van der Waals surface area contributed by atoms with Crippen molar-refractivity contribution in [3.8, 4) is 0 Å². The highest BCUT2D eigenvalue weighted by atomic mass is 79.9. The second-order valence-corrected chi connectivity index (χ2v) is 7.83. The number of hydrogen-bond acceptors (Lipinski definition) is 3. The van der Waals surface area contributed by atoms with Crippen molar-refractivity contribution in [2.24, 2.45) is 0 Å². The zero-order valence-corrected chi connectivity index (χ0v) is 13.9. The number of anilines is 1. The van der Waals surface area contributed by atoms with E-state index >= 15 is 0 Å². The molecule has 108 valence electrons. The number of carboxylic acids is 1. The molecule has 0 saturated carbocycles. The Morgan fingerprint density at radius 1 is 1.40 bits per heavy atom. The van der Waals surface area contributed by atoms with Gasteiger partial charge < -0.3 is 10.0 Å². The van der Waals surface area contributed by atoms with E-state index in [0.29, 0.717) is 10.5 Å². The van der Waals surface area contributed by atoms with E-state index in [1.165, 1.54) is 6.08 Å². The molecular formula is C15H18BrNO2S. The smallest absolute Gasteiger partial charge is 0.328 e. The number of thioether (sulfide) groups is 1. The first kappa shape index (κ1) is 15.4. The van der Waals surface area contributed by atoms with E-state index in [0.717, 1.165) is 28.8 Å². The fourth-order valence-corrected chi connectivity index (χ4v) is 4.19. The van der Waals surface area contributed by atoms with Crippen molar-refractivity contribution >= 4 is 45.4 Å². The van der Waals surface area contributed by atoms with Crippen LogP contribution in [0.2, 0.25) is 0 Å². The molecule has 2 unspecified atom stereocenters.